The Labute approximate surface area is 302 Å². The van der Waals surface area contributed by atoms with Gasteiger partial charge in [0, 0.05) is 0 Å². The summed E-state index contributed by atoms with van der Waals surface area (Å²) in [6.45, 7) is 13.1. The Bertz CT molecular complexity index is 761. The normalized spacial score (nSPS) is 20.3. The van der Waals surface area contributed by atoms with Crippen molar-refractivity contribution in [3.8, 4) is 0 Å². The summed E-state index contributed by atoms with van der Waals surface area (Å²) >= 11 is 19.7. The molecule has 42 heavy (non-hydrogen) atoms. The number of hydrogen-bond acceptors (Lipinski definition) is 14. The van der Waals surface area contributed by atoms with Gasteiger partial charge < -0.3 is 0 Å². The molecule has 0 aromatic heterocycles. The second-order valence-electron chi connectivity index (χ2n) is 8.94. The van der Waals surface area contributed by atoms with Crippen LogP contribution < -0.4 is 0 Å². The van der Waals surface area contributed by atoms with Gasteiger partial charge in [-0.25, -0.2) is 0 Å². The second-order valence-corrected chi connectivity index (χ2v) is 52.4. The fourth-order valence-corrected chi connectivity index (χ4v) is 61.3. The van der Waals surface area contributed by atoms with Gasteiger partial charge >= 0.3 is 307 Å². The molecule has 0 saturated carbocycles. The molecule has 0 radical (unpaired) electrons. The van der Waals surface area contributed by atoms with E-state index in [0.717, 1.165) is 134 Å². The van der Waals surface area contributed by atoms with E-state index in [1.165, 1.54) is 0 Å². The van der Waals surface area contributed by atoms with E-state index in [2.05, 4.69) is 37.3 Å². The van der Waals surface area contributed by atoms with Crippen molar-refractivity contribution in [2.24, 2.45) is 0 Å². The number of rotatable bonds is 9. The Balaban J connectivity index is 1.31. The average molecular weight is 985 g/mol. The SMILES string of the molecule is S=C([S][Sb]([S]CC[S][Sb]([S]C(=S)N1CCOCC1)[S]C(=S)N1CCOCC1)[S]C(=S)N1CCOCC1)N1CCOCC1. The van der Waals surface area contributed by atoms with Gasteiger partial charge in [-0.2, -0.15) is 0 Å². The van der Waals surface area contributed by atoms with Crippen molar-refractivity contribution in [3.63, 3.8) is 0 Å². The van der Waals surface area contributed by atoms with Crippen LogP contribution in [0, 0.1) is 0 Å². The van der Waals surface area contributed by atoms with Gasteiger partial charge in [0.1, 0.15) is 0 Å². The van der Waals surface area contributed by atoms with Crippen LogP contribution in [0.2, 0.25) is 0 Å². The molecule has 4 heterocycles. The van der Waals surface area contributed by atoms with Crippen LogP contribution in [-0.2, 0) is 18.9 Å². The van der Waals surface area contributed by atoms with Crippen LogP contribution in [-0.4, -0.2) is 186 Å². The third-order valence-electron chi connectivity index (χ3n) is 6.16. The molecule has 0 aromatic carbocycles. The molecule has 0 amide bonds. The quantitative estimate of drug-likeness (QED) is 0.191. The third kappa shape index (κ3) is 13.9. The molecule has 0 bridgehead atoms. The van der Waals surface area contributed by atoms with Gasteiger partial charge in [0.15, 0.2) is 0 Å². The van der Waals surface area contributed by atoms with Crippen molar-refractivity contribution >= 4 is 151 Å². The number of hydrogen-bond donors (Lipinski definition) is 0. The van der Waals surface area contributed by atoms with E-state index in [1.807, 2.05) is 35.4 Å². The molecule has 4 fully saturated rings. The zero-order chi connectivity index (χ0) is 29.6. The van der Waals surface area contributed by atoms with E-state index < -0.39 is 32.0 Å². The van der Waals surface area contributed by atoms with Crippen LogP contribution in [0.1, 0.15) is 0 Å². The topological polar surface area (TPSA) is 49.9 Å². The van der Waals surface area contributed by atoms with Gasteiger partial charge in [0.05, 0.1) is 0 Å². The molecule has 4 rings (SSSR count). The summed E-state index contributed by atoms with van der Waals surface area (Å²) < 4.78 is 26.3. The number of nitrogens with zero attached hydrogens (tertiary/aromatic N) is 4. The number of thiocarbonyl (C=S) groups is 4. The van der Waals surface area contributed by atoms with E-state index in [4.69, 9.17) is 67.8 Å². The monoisotopic (exact) mass is 982 g/mol. The van der Waals surface area contributed by atoms with Crippen molar-refractivity contribution in [1.82, 2.24) is 19.6 Å². The predicted octanol–water partition coefficient (Wildman–Crippen LogP) is 3.82. The van der Waals surface area contributed by atoms with Gasteiger partial charge in [0.2, 0.25) is 0 Å². The van der Waals surface area contributed by atoms with Crippen LogP contribution in [0.4, 0.5) is 0 Å². The van der Waals surface area contributed by atoms with Crippen LogP contribution in [0.15, 0.2) is 0 Å². The molecule has 0 unspecified atom stereocenters. The molecule has 20 heteroatoms. The van der Waals surface area contributed by atoms with Gasteiger partial charge in [-0.1, -0.05) is 0 Å². The maximum absolute atomic E-state index is 5.92. The van der Waals surface area contributed by atoms with E-state index >= 15 is 0 Å². The summed E-state index contributed by atoms with van der Waals surface area (Å²) in [5.41, 5.74) is 0. The Morgan fingerprint density at radius 2 is 0.643 bits per heavy atom. The molecule has 0 N–H and O–H groups in total. The molecular formula is C22H36N4O4S10Sb2. The number of ether oxygens (including phenoxy) is 4. The summed E-state index contributed by atoms with van der Waals surface area (Å²) in [5, 5.41) is 0. The molecule has 0 aliphatic carbocycles. The van der Waals surface area contributed by atoms with Crippen molar-refractivity contribution < 1.29 is 18.9 Å². The molecule has 0 spiro atoms. The first-order valence-electron chi connectivity index (χ1n) is 13.5. The molecule has 4 aliphatic heterocycles. The summed E-state index contributed by atoms with van der Waals surface area (Å²) in [5.74, 6) is 2.20. The standard InChI is InChI=1S/4C5H9NOS2.C2H6S2.2Sb/c4*8-5(9)6-1-3-7-4-2-6;3-1-2-4;;/h4*1-4H2,(H,8,9);3-4H,1-2H2;;/q;;;;;2*+3/p-6. The van der Waals surface area contributed by atoms with Crippen LogP contribution in [0.5, 0.6) is 0 Å². The van der Waals surface area contributed by atoms with Crippen molar-refractivity contribution in [2.75, 3.05) is 117 Å². The third-order valence-corrected chi connectivity index (χ3v) is 54.6. The molecule has 0 atom stereocenters. The van der Waals surface area contributed by atoms with Crippen molar-refractivity contribution in [2.45, 2.75) is 0 Å². The fourth-order valence-electron chi connectivity index (χ4n) is 3.84. The predicted molar refractivity (Wildman–Crippen MR) is 207 cm³/mol. The fraction of sp³-hybridized carbons (Fsp3) is 0.818. The Hall–Kier alpha value is 3.14. The first-order chi connectivity index (χ1) is 20.5. The summed E-state index contributed by atoms with van der Waals surface area (Å²) in [6.07, 6.45) is 0. The Morgan fingerprint density at radius 3 is 0.857 bits per heavy atom. The molecule has 4 saturated heterocycles. The van der Waals surface area contributed by atoms with Crippen molar-refractivity contribution in [1.29, 1.82) is 0 Å². The number of morpholine rings is 4. The zero-order valence-corrected chi connectivity index (χ0v) is 36.4. The minimum atomic E-state index is -1.99. The summed E-state index contributed by atoms with van der Waals surface area (Å²) in [4.78, 5) is 9.25. The second kappa shape index (κ2) is 22.0. The van der Waals surface area contributed by atoms with E-state index in [1.54, 1.807) is 0 Å². The van der Waals surface area contributed by atoms with Gasteiger partial charge in [-0.05, 0) is 0 Å². The van der Waals surface area contributed by atoms with Gasteiger partial charge in [-0.3, -0.25) is 0 Å². The average Bonchev–Trinajstić information content (AvgIpc) is 3.04. The first-order valence-corrected chi connectivity index (χ1v) is 38.9. The molecule has 8 nitrogen and oxygen atoms in total. The minimum absolute atomic E-state index is 0.752. The zero-order valence-electron chi connectivity index (χ0n) is 23.1. The van der Waals surface area contributed by atoms with Crippen LogP contribution in [0.25, 0.3) is 0 Å². The van der Waals surface area contributed by atoms with E-state index in [0.29, 0.717) is 0 Å². The maximum atomic E-state index is 5.92. The Morgan fingerprint density at radius 1 is 0.429 bits per heavy atom. The van der Waals surface area contributed by atoms with Crippen LogP contribution >= 0.6 is 102 Å². The molecule has 238 valence electrons. The summed E-state index contributed by atoms with van der Waals surface area (Å²) in [7, 11) is 12.0. The summed E-state index contributed by atoms with van der Waals surface area (Å²) in [6, 6.07) is 0. The molecule has 0 aromatic rings. The van der Waals surface area contributed by atoms with E-state index in [-0.39, 0.29) is 0 Å². The Kier molecular flexibility index (Phi) is 19.9. The van der Waals surface area contributed by atoms with Gasteiger partial charge in [0.25, 0.3) is 0 Å². The molecule has 4 aliphatic rings. The van der Waals surface area contributed by atoms with Crippen LogP contribution in [0.3, 0.4) is 0 Å². The molecular weight excluding hydrogens is 948 g/mol. The van der Waals surface area contributed by atoms with Crippen molar-refractivity contribution in [3.05, 3.63) is 0 Å². The van der Waals surface area contributed by atoms with Gasteiger partial charge in [-0.15, -0.1) is 0 Å². The van der Waals surface area contributed by atoms with E-state index in [9.17, 15) is 0 Å². The first kappa shape index (κ1) is 37.9.